The number of anilines is 1. The number of phenolic OH excluding ortho intramolecular Hbond substituents is 1. The summed E-state index contributed by atoms with van der Waals surface area (Å²) in [5.41, 5.74) is 8.00. The minimum Gasteiger partial charge on any atom is -0.507 e. The van der Waals surface area contributed by atoms with E-state index in [1.165, 1.54) is 6.07 Å². The van der Waals surface area contributed by atoms with Gasteiger partial charge in [-0.25, -0.2) is 4.39 Å². The number of nitrogen functional groups attached to an aromatic ring is 1. The predicted molar refractivity (Wildman–Crippen MR) is 72.2 cm³/mol. The van der Waals surface area contributed by atoms with Gasteiger partial charge in [-0.2, -0.15) is 5.10 Å². The van der Waals surface area contributed by atoms with E-state index in [0.717, 1.165) is 22.5 Å². The van der Waals surface area contributed by atoms with Crippen molar-refractivity contribution in [3.05, 3.63) is 42.2 Å². The van der Waals surface area contributed by atoms with Gasteiger partial charge in [-0.05, 0) is 29.8 Å². The Morgan fingerprint density at radius 1 is 1.21 bits per heavy atom. The molecule has 0 amide bonds. The molecule has 3 N–H and O–H groups in total. The maximum absolute atomic E-state index is 13.0. The minimum atomic E-state index is -0.466. The largest absolute Gasteiger partial charge is 0.507 e. The number of fused-ring (bicyclic) bond motifs is 1. The van der Waals surface area contributed by atoms with Crippen LogP contribution in [0.25, 0.3) is 22.0 Å². The van der Waals surface area contributed by atoms with Gasteiger partial charge < -0.3 is 10.8 Å². The number of rotatable bonds is 1. The van der Waals surface area contributed by atoms with E-state index < -0.39 is 5.82 Å². The number of phenols is 1. The molecule has 1 heterocycles. The van der Waals surface area contributed by atoms with Crippen LogP contribution < -0.4 is 5.73 Å². The molecule has 0 radical (unpaired) electrons. The summed E-state index contributed by atoms with van der Waals surface area (Å²) in [6.07, 6.45) is 0. The smallest absolute Gasteiger partial charge is 0.153 e. The van der Waals surface area contributed by atoms with Gasteiger partial charge in [-0.3, -0.25) is 4.68 Å². The van der Waals surface area contributed by atoms with E-state index in [0.29, 0.717) is 11.4 Å². The highest BCUT2D eigenvalue weighted by molar-refractivity contribution is 5.92. The van der Waals surface area contributed by atoms with Gasteiger partial charge in [0.2, 0.25) is 0 Å². The maximum Gasteiger partial charge on any atom is 0.153 e. The Balaban J connectivity index is 2.23. The van der Waals surface area contributed by atoms with Crippen molar-refractivity contribution in [2.75, 3.05) is 5.73 Å². The van der Waals surface area contributed by atoms with Crippen molar-refractivity contribution in [3.8, 4) is 16.9 Å². The molecule has 3 aromatic rings. The van der Waals surface area contributed by atoms with Crippen LogP contribution in [0.4, 0.5) is 10.2 Å². The lowest BCUT2D eigenvalue weighted by Crippen LogP contribution is -1.91. The van der Waals surface area contributed by atoms with E-state index in [-0.39, 0.29) is 5.75 Å². The van der Waals surface area contributed by atoms with Gasteiger partial charge in [0, 0.05) is 24.1 Å². The van der Waals surface area contributed by atoms with Crippen LogP contribution in [0.3, 0.4) is 0 Å². The van der Waals surface area contributed by atoms with Crippen LogP contribution in [-0.2, 0) is 7.05 Å². The molecular weight excluding hydrogens is 245 g/mol. The molecule has 0 saturated heterocycles. The van der Waals surface area contributed by atoms with Crippen molar-refractivity contribution < 1.29 is 9.50 Å². The highest BCUT2D eigenvalue weighted by Gasteiger charge is 2.10. The fraction of sp³-hybridized carbons (Fsp3) is 0.0714. The van der Waals surface area contributed by atoms with Crippen molar-refractivity contribution in [1.82, 2.24) is 9.78 Å². The molecule has 0 bridgehead atoms. The number of nitrogens with two attached hydrogens (primary N) is 1. The number of aryl methyl sites for hydroxylation is 1. The Hall–Kier alpha value is -2.56. The van der Waals surface area contributed by atoms with E-state index in [1.54, 1.807) is 17.8 Å². The minimum absolute atomic E-state index is 0.0884. The van der Waals surface area contributed by atoms with Crippen LogP contribution in [0.1, 0.15) is 0 Å². The second-order valence-corrected chi connectivity index (χ2v) is 4.40. The average molecular weight is 257 g/mol. The topological polar surface area (TPSA) is 64.1 Å². The van der Waals surface area contributed by atoms with Gasteiger partial charge >= 0.3 is 0 Å². The highest BCUT2D eigenvalue weighted by atomic mass is 19.1. The summed E-state index contributed by atoms with van der Waals surface area (Å²) in [5, 5.41) is 14.8. The molecule has 4 nitrogen and oxygen atoms in total. The highest BCUT2D eigenvalue weighted by Crippen LogP contribution is 2.32. The molecule has 0 spiro atoms. The number of benzene rings is 2. The third-order valence-corrected chi connectivity index (χ3v) is 3.15. The Morgan fingerprint density at radius 2 is 2.00 bits per heavy atom. The Bertz CT molecular complexity index is 780. The van der Waals surface area contributed by atoms with Crippen molar-refractivity contribution in [3.63, 3.8) is 0 Å². The molecule has 0 atom stereocenters. The first kappa shape index (κ1) is 11.5. The van der Waals surface area contributed by atoms with Crippen LogP contribution in [-0.4, -0.2) is 14.9 Å². The SMILES string of the molecule is Cn1nc(N)c2ccc(-c3ccc(F)cc3O)cc21. The zero-order valence-corrected chi connectivity index (χ0v) is 10.3. The Kier molecular flexibility index (Phi) is 2.41. The molecule has 2 aromatic carbocycles. The number of halogens is 1. The van der Waals surface area contributed by atoms with Gasteiger partial charge in [-0.1, -0.05) is 6.07 Å². The van der Waals surface area contributed by atoms with Gasteiger partial charge in [0.15, 0.2) is 5.82 Å². The first-order valence-corrected chi connectivity index (χ1v) is 5.77. The van der Waals surface area contributed by atoms with Crippen LogP contribution in [0, 0.1) is 5.82 Å². The molecule has 0 saturated carbocycles. The lowest BCUT2D eigenvalue weighted by atomic mass is 10.0. The molecule has 5 heteroatoms. The monoisotopic (exact) mass is 257 g/mol. The molecule has 96 valence electrons. The second-order valence-electron chi connectivity index (χ2n) is 4.40. The molecule has 0 aliphatic rings. The summed E-state index contributed by atoms with van der Waals surface area (Å²) in [4.78, 5) is 0. The first-order valence-electron chi connectivity index (χ1n) is 5.77. The number of hydrogen-bond acceptors (Lipinski definition) is 3. The zero-order chi connectivity index (χ0) is 13.6. The summed E-state index contributed by atoms with van der Waals surface area (Å²) in [6, 6.07) is 9.49. The number of aromatic hydroxyl groups is 1. The molecule has 1 aromatic heterocycles. The van der Waals surface area contributed by atoms with E-state index in [9.17, 15) is 9.50 Å². The molecule has 0 unspecified atom stereocenters. The van der Waals surface area contributed by atoms with Crippen LogP contribution in [0.5, 0.6) is 5.75 Å². The van der Waals surface area contributed by atoms with Gasteiger partial charge in [0.05, 0.1) is 5.52 Å². The zero-order valence-electron chi connectivity index (χ0n) is 10.3. The van der Waals surface area contributed by atoms with Crippen LogP contribution in [0.2, 0.25) is 0 Å². The summed E-state index contributed by atoms with van der Waals surface area (Å²) < 4.78 is 14.7. The first-order chi connectivity index (χ1) is 9.06. The summed E-state index contributed by atoms with van der Waals surface area (Å²) in [6.45, 7) is 0. The van der Waals surface area contributed by atoms with Crippen LogP contribution >= 0.6 is 0 Å². The Morgan fingerprint density at radius 3 is 2.74 bits per heavy atom. The van der Waals surface area contributed by atoms with Gasteiger partial charge in [-0.15, -0.1) is 0 Å². The summed E-state index contributed by atoms with van der Waals surface area (Å²) in [5.74, 6) is -0.0889. The standard InChI is InChI=1S/C14H12FN3O/c1-18-12-6-8(2-4-11(12)14(16)17-18)10-5-3-9(15)7-13(10)19/h2-7,19H,1H3,(H2,16,17). The van der Waals surface area contributed by atoms with Crippen molar-refractivity contribution in [2.45, 2.75) is 0 Å². The normalized spacial score (nSPS) is 11.1. The number of hydrogen-bond donors (Lipinski definition) is 2. The average Bonchev–Trinajstić information content (AvgIpc) is 2.65. The molecule has 3 rings (SSSR count). The lowest BCUT2D eigenvalue weighted by molar-refractivity contribution is 0.471. The van der Waals surface area contributed by atoms with E-state index in [2.05, 4.69) is 5.10 Å². The van der Waals surface area contributed by atoms with Crippen molar-refractivity contribution in [2.24, 2.45) is 7.05 Å². The second kappa shape index (κ2) is 3.98. The van der Waals surface area contributed by atoms with Crippen LogP contribution in [0.15, 0.2) is 36.4 Å². The molecule has 19 heavy (non-hydrogen) atoms. The number of nitrogens with zero attached hydrogens (tertiary/aromatic N) is 2. The van der Waals surface area contributed by atoms with Crippen molar-refractivity contribution in [1.29, 1.82) is 0 Å². The fourth-order valence-electron chi connectivity index (χ4n) is 2.20. The quantitative estimate of drug-likeness (QED) is 0.704. The number of aromatic nitrogens is 2. The lowest BCUT2D eigenvalue weighted by Gasteiger charge is -2.05. The molecule has 0 aliphatic heterocycles. The van der Waals surface area contributed by atoms with Crippen molar-refractivity contribution >= 4 is 16.7 Å². The van der Waals surface area contributed by atoms with Gasteiger partial charge in [0.1, 0.15) is 11.6 Å². The van der Waals surface area contributed by atoms with E-state index >= 15 is 0 Å². The molecule has 0 fully saturated rings. The fourth-order valence-corrected chi connectivity index (χ4v) is 2.20. The van der Waals surface area contributed by atoms with E-state index in [4.69, 9.17) is 5.73 Å². The maximum atomic E-state index is 13.0. The third-order valence-electron chi connectivity index (χ3n) is 3.15. The van der Waals surface area contributed by atoms with E-state index in [1.807, 2.05) is 18.2 Å². The summed E-state index contributed by atoms with van der Waals surface area (Å²) in [7, 11) is 1.80. The van der Waals surface area contributed by atoms with Gasteiger partial charge in [0.25, 0.3) is 0 Å². The molecular formula is C14H12FN3O. The Labute approximate surface area is 108 Å². The molecule has 0 aliphatic carbocycles. The third kappa shape index (κ3) is 1.79. The predicted octanol–water partition coefficient (Wildman–Crippen LogP) is 2.67. The summed E-state index contributed by atoms with van der Waals surface area (Å²) >= 11 is 0.